The molecule has 1 aromatic carbocycles. The Kier molecular flexibility index (Phi) is 5.75. The molecular formula is C13H19FN2. The minimum absolute atomic E-state index is 0.105. The van der Waals surface area contributed by atoms with Gasteiger partial charge >= 0.3 is 0 Å². The van der Waals surface area contributed by atoms with Gasteiger partial charge in [-0.15, -0.1) is 0 Å². The summed E-state index contributed by atoms with van der Waals surface area (Å²) in [4.78, 5) is 0. The molecule has 1 atom stereocenters. The van der Waals surface area contributed by atoms with E-state index in [-0.39, 0.29) is 11.9 Å². The van der Waals surface area contributed by atoms with Crippen LogP contribution < -0.4 is 11.1 Å². The number of nitrogens with two attached hydrogens (primary N) is 1. The summed E-state index contributed by atoms with van der Waals surface area (Å²) in [5.41, 5.74) is 6.29. The Balaban J connectivity index is 2.57. The normalized spacial score (nSPS) is 13.2. The van der Waals surface area contributed by atoms with Gasteiger partial charge in [-0.3, -0.25) is 0 Å². The number of hydrogen-bond donors (Lipinski definition) is 2. The van der Waals surface area contributed by atoms with Crippen molar-refractivity contribution in [2.45, 2.75) is 19.4 Å². The standard InChI is InChI=1S/C13H19FN2/c1-2-3-6-9-16-13(10-15)11-7-4-5-8-12(11)14/h2-5,7-8,13,16H,6,9-10,15H2,1H3/b3-2+. The largest absolute Gasteiger partial charge is 0.329 e. The van der Waals surface area contributed by atoms with Crippen LogP contribution in [0.15, 0.2) is 36.4 Å². The molecular weight excluding hydrogens is 203 g/mol. The Hall–Kier alpha value is -1.19. The molecule has 2 nitrogen and oxygen atoms in total. The van der Waals surface area contributed by atoms with E-state index >= 15 is 0 Å². The van der Waals surface area contributed by atoms with Gasteiger partial charge in [-0.25, -0.2) is 4.39 Å². The van der Waals surface area contributed by atoms with E-state index in [4.69, 9.17) is 5.73 Å². The fourth-order valence-electron chi connectivity index (χ4n) is 1.59. The second kappa shape index (κ2) is 7.14. The summed E-state index contributed by atoms with van der Waals surface area (Å²) in [6.45, 7) is 3.19. The summed E-state index contributed by atoms with van der Waals surface area (Å²) in [7, 11) is 0. The van der Waals surface area contributed by atoms with Crippen molar-refractivity contribution in [1.82, 2.24) is 5.32 Å². The number of benzene rings is 1. The maximum atomic E-state index is 13.5. The molecule has 0 saturated heterocycles. The Morgan fingerprint density at radius 2 is 2.19 bits per heavy atom. The lowest BCUT2D eigenvalue weighted by Crippen LogP contribution is -2.29. The SMILES string of the molecule is C/C=C/CCNC(CN)c1ccccc1F. The quantitative estimate of drug-likeness (QED) is 0.573. The molecule has 1 aromatic rings. The second-order valence-corrected chi connectivity index (χ2v) is 3.62. The Bertz CT molecular complexity index is 336. The molecule has 0 saturated carbocycles. The molecule has 88 valence electrons. The maximum absolute atomic E-state index is 13.5. The van der Waals surface area contributed by atoms with E-state index in [9.17, 15) is 4.39 Å². The number of allylic oxidation sites excluding steroid dienone is 1. The Morgan fingerprint density at radius 3 is 2.81 bits per heavy atom. The van der Waals surface area contributed by atoms with Gasteiger partial charge < -0.3 is 11.1 Å². The van der Waals surface area contributed by atoms with Crippen molar-refractivity contribution in [3.8, 4) is 0 Å². The van der Waals surface area contributed by atoms with Crippen LogP contribution in [-0.4, -0.2) is 13.1 Å². The molecule has 0 aliphatic rings. The van der Waals surface area contributed by atoms with Gasteiger partial charge in [0.2, 0.25) is 0 Å². The summed E-state index contributed by atoms with van der Waals surface area (Å²) in [5, 5.41) is 3.25. The van der Waals surface area contributed by atoms with Gasteiger partial charge in [-0.2, -0.15) is 0 Å². The van der Waals surface area contributed by atoms with Gasteiger partial charge in [0.05, 0.1) is 0 Å². The predicted octanol–water partition coefficient (Wildman–Crippen LogP) is 2.38. The van der Waals surface area contributed by atoms with Gasteiger partial charge in [0, 0.05) is 18.2 Å². The highest BCUT2D eigenvalue weighted by Crippen LogP contribution is 2.15. The van der Waals surface area contributed by atoms with E-state index in [0.717, 1.165) is 13.0 Å². The second-order valence-electron chi connectivity index (χ2n) is 3.62. The van der Waals surface area contributed by atoms with Crippen LogP contribution in [0.4, 0.5) is 4.39 Å². The third-order valence-corrected chi connectivity index (χ3v) is 2.45. The molecule has 16 heavy (non-hydrogen) atoms. The summed E-state index contributed by atoms with van der Waals surface area (Å²) in [5.74, 6) is -0.198. The smallest absolute Gasteiger partial charge is 0.128 e. The van der Waals surface area contributed by atoms with Crippen molar-refractivity contribution in [3.63, 3.8) is 0 Å². The summed E-state index contributed by atoms with van der Waals surface area (Å²) in [6.07, 6.45) is 5.01. The lowest BCUT2D eigenvalue weighted by molar-refractivity contribution is 0.511. The van der Waals surface area contributed by atoms with Crippen molar-refractivity contribution in [3.05, 3.63) is 47.8 Å². The van der Waals surface area contributed by atoms with E-state index < -0.39 is 0 Å². The molecule has 3 heteroatoms. The Morgan fingerprint density at radius 1 is 1.44 bits per heavy atom. The van der Waals surface area contributed by atoms with Crippen LogP contribution in [0, 0.1) is 5.82 Å². The van der Waals surface area contributed by atoms with Crippen LogP contribution in [-0.2, 0) is 0 Å². The van der Waals surface area contributed by atoms with Crippen molar-refractivity contribution in [2.24, 2.45) is 5.73 Å². The van der Waals surface area contributed by atoms with Gasteiger partial charge in [-0.1, -0.05) is 30.4 Å². The van der Waals surface area contributed by atoms with Crippen LogP contribution in [0.2, 0.25) is 0 Å². The lowest BCUT2D eigenvalue weighted by atomic mass is 10.1. The topological polar surface area (TPSA) is 38.0 Å². The van der Waals surface area contributed by atoms with Gasteiger partial charge in [0.15, 0.2) is 0 Å². The molecule has 0 aliphatic heterocycles. The first-order valence-corrected chi connectivity index (χ1v) is 5.58. The molecule has 1 rings (SSSR count). The van der Waals surface area contributed by atoms with Crippen molar-refractivity contribution < 1.29 is 4.39 Å². The third-order valence-electron chi connectivity index (χ3n) is 2.45. The number of halogens is 1. The molecule has 0 spiro atoms. The number of hydrogen-bond acceptors (Lipinski definition) is 2. The molecule has 0 aliphatic carbocycles. The molecule has 0 bridgehead atoms. The average molecular weight is 222 g/mol. The molecule has 0 radical (unpaired) electrons. The Labute approximate surface area is 96.4 Å². The van der Waals surface area contributed by atoms with Crippen LogP contribution in [0.25, 0.3) is 0 Å². The first-order chi connectivity index (χ1) is 7.79. The first-order valence-electron chi connectivity index (χ1n) is 5.58. The van der Waals surface area contributed by atoms with E-state index in [0.29, 0.717) is 12.1 Å². The molecule has 3 N–H and O–H groups in total. The average Bonchev–Trinajstić information content (AvgIpc) is 2.31. The fraction of sp³-hybridized carbons (Fsp3) is 0.385. The zero-order valence-electron chi connectivity index (χ0n) is 9.62. The van der Waals surface area contributed by atoms with Gasteiger partial charge in [-0.05, 0) is 26.0 Å². The monoisotopic (exact) mass is 222 g/mol. The summed E-state index contributed by atoms with van der Waals surface area (Å²) in [6, 6.07) is 6.65. The molecule has 0 fully saturated rings. The van der Waals surface area contributed by atoms with Crippen LogP contribution in [0.5, 0.6) is 0 Å². The molecule has 0 aromatic heterocycles. The van der Waals surface area contributed by atoms with Gasteiger partial charge in [0.25, 0.3) is 0 Å². The van der Waals surface area contributed by atoms with Crippen molar-refractivity contribution in [1.29, 1.82) is 0 Å². The molecule has 0 amide bonds. The summed E-state index contributed by atoms with van der Waals surface area (Å²) < 4.78 is 13.5. The van der Waals surface area contributed by atoms with Crippen LogP contribution in [0.1, 0.15) is 24.9 Å². The third kappa shape index (κ3) is 3.76. The van der Waals surface area contributed by atoms with E-state index in [1.165, 1.54) is 6.07 Å². The summed E-state index contributed by atoms with van der Waals surface area (Å²) >= 11 is 0. The zero-order chi connectivity index (χ0) is 11.8. The maximum Gasteiger partial charge on any atom is 0.128 e. The molecule has 1 unspecified atom stereocenters. The van der Waals surface area contributed by atoms with Crippen LogP contribution in [0.3, 0.4) is 0 Å². The zero-order valence-corrected chi connectivity index (χ0v) is 9.62. The van der Waals surface area contributed by atoms with E-state index in [1.807, 2.05) is 19.1 Å². The van der Waals surface area contributed by atoms with Crippen LogP contribution >= 0.6 is 0 Å². The van der Waals surface area contributed by atoms with Crippen molar-refractivity contribution in [2.75, 3.05) is 13.1 Å². The highest BCUT2D eigenvalue weighted by Gasteiger charge is 2.12. The first kappa shape index (κ1) is 12.9. The highest BCUT2D eigenvalue weighted by atomic mass is 19.1. The lowest BCUT2D eigenvalue weighted by Gasteiger charge is -2.17. The highest BCUT2D eigenvalue weighted by molar-refractivity contribution is 5.21. The van der Waals surface area contributed by atoms with E-state index in [2.05, 4.69) is 11.4 Å². The minimum atomic E-state index is -0.198. The van der Waals surface area contributed by atoms with Crippen molar-refractivity contribution >= 4 is 0 Å². The van der Waals surface area contributed by atoms with Gasteiger partial charge in [0.1, 0.15) is 5.82 Å². The van der Waals surface area contributed by atoms with E-state index in [1.54, 1.807) is 12.1 Å². The predicted molar refractivity (Wildman–Crippen MR) is 65.6 cm³/mol. The minimum Gasteiger partial charge on any atom is -0.329 e. The number of nitrogens with one attached hydrogen (secondary N) is 1. The molecule has 0 heterocycles. The number of rotatable bonds is 6. The fourth-order valence-corrected chi connectivity index (χ4v) is 1.59.